The van der Waals surface area contributed by atoms with Crippen LogP contribution < -0.4 is 0 Å². The van der Waals surface area contributed by atoms with Crippen LogP contribution in [0.1, 0.15) is 88.0 Å². The van der Waals surface area contributed by atoms with E-state index in [0.29, 0.717) is 15.5 Å². The molecule has 0 nitrogen and oxygen atoms in total. The summed E-state index contributed by atoms with van der Waals surface area (Å²) in [6.07, 6.45) is 5.51. The number of unbranched alkanes of at least 4 members (excludes halogenated alkanes) is 2. The van der Waals surface area contributed by atoms with Crippen LogP contribution in [0.4, 0.5) is 0 Å². The lowest BCUT2D eigenvalue weighted by Gasteiger charge is -2.51. The predicted octanol–water partition coefficient (Wildman–Crippen LogP) is 6.42. The number of hydrogen-bond acceptors (Lipinski definition) is 0. The molecule has 0 unspecified atom stereocenters. The van der Waals surface area contributed by atoms with Crippen LogP contribution >= 0.6 is 7.92 Å². The molecule has 0 saturated carbocycles. The van der Waals surface area contributed by atoms with Crippen LogP contribution in [0.3, 0.4) is 0 Å². The molecule has 0 saturated heterocycles. The number of rotatable bonds is 5. The van der Waals surface area contributed by atoms with Gasteiger partial charge in [0, 0.05) is 0 Å². The van der Waals surface area contributed by atoms with Gasteiger partial charge in [-0.1, -0.05) is 89.5 Å². The Kier molecular flexibility index (Phi) is 6.20. The van der Waals surface area contributed by atoms with Crippen molar-refractivity contribution in [1.29, 1.82) is 0 Å². The molecule has 0 aliphatic rings. The van der Waals surface area contributed by atoms with Gasteiger partial charge in [-0.05, 0) is 21.9 Å². The van der Waals surface area contributed by atoms with Crippen molar-refractivity contribution < 1.29 is 0 Å². The molecular weight excluding hydrogens is 223 g/mol. The fourth-order valence-electron chi connectivity index (χ4n) is 3.74. The van der Waals surface area contributed by atoms with E-state index in [-0.39, 0.29) is 7.92 Å². The molecule has 0 spiro atoms. The zero-order valence-electron chi connectivity index (χ0n) is 13.8. The summed E-state index contributed by atoms with van der Waals surface area (Å²) in [4.78, 5) is 0. The van der Waals surface area contributed by atoms with E-state index in [0.717, 1.165) is 0 Å². The molecule has 0 rings (SSSR count). The molecule has 0 N–H and O–H groups in total. The molecule has 0 heterocycles. The third-order valence-electron chi connectivity index (χ3n) is 3.34. The monoisotopic (exact) mass is 258 g/mol. The lowest BCUT2D eigenvalue weighted by molar-refractivity contribution is 0.536. The second-order valence-corrected chi connectivity index (χ2v) is 12.5. The molecule has 0 atom stereocenters. The normalized spacial score (nSPS) is 14.5. The summed E-state index contributed by atoms with van der Waals surface area (Å²) in [6.45, 7) is 21.9. The number of hydrogen-bond donors (Lipinski definition) is 0. The van der Waals surface area contributed by atoms with Gasteiger partial charge in [0.05, 0.1) is 0 Å². The SMILES string of the molecule is CCCCCC(C)(C)P(C(C)(C)C)C(C)(C)C. The first kappa shape index (κ1) is 17.4. The lowest BCUT2D eigenvalue weighted by atomic mass is 10.0. The standard InChI is InChI=1S/C16H35P/c1-10-11-12-13-16(8,9)17(14(2,3)4)15(5,6)7/h10-13H2,1-9H3. The van der Waals surface area contributed by atoms with Crippen molar-refractivity contribution in [1.82, 2.24) is 0 Å². The quantitative estimate of drug-likeness (QED) is 0.394. The molecule has 0 aromatic heterocycles. The van der Waals surface area contributed by atoms with Crippen molar-refractivity contribution in [3.05, 3.63) is 0 Å². The minimum Gasteiger partial charge on any atom is -0.0898 e. The van der Waals surface area contributed by atoms with E-state index in [1.54, 1.807) is 0 Å². The highest BCUT2D eigenvalue weighted by Crippen LogP contribution is 2.68. The van der Waals surface area contributed by atoms with E-state index >= 15 is 0 Å². The largest absolute Gasteiger partial charge is 0.0898 e. The minimum absolute atomic E-state index is 0.00263. The summed E-state index contributed by atoms with van der Waals surface area (Å²) in [6, 6.07) is 0. The van der Waals surface area contributed by atoms with Crippen molar-refractivity contribution in [2.45, 2.75) is 103 Å². The first-order chi connectivity index (χ1) is 7.43. The second kappa shape index (κ2) is 6.05. The van der Waals surface area contributed by atoms with E-state index in [1.165, 1.54) is 25.7 Å². The Labute approximate surface area is 112 Å². The summed E-state index contributed by atoms with van der Waals surface area (Å²) in [5.41, 5.74) is 0. The van der Waals surface area contributed by atoms with Gasteiger partial charge in [0.2, 0.25) is 0 Å². The van der Waals surface area contributed by atoms with Gasteiger partial charge in [0.1, 0.15) is 0 Å². The zero-order chi connectivity index (χ0) is 13.9. The van der Waals surface area contributed by atoms with Gasteiger partial charge >= 0.3 is 0 Å². The molecule has 104 valence electrons. The fraction of sp³-hybridized carbons (Fsp3) is 1.00. The van der Waals surface area contributed by atoms with Crippen molar-refractivity contribution in [2.24, 2.45) is 0 Å². The van der Waals surface area contributed by atoms with Gasteiger partial charge in [-0.3, -0.25) is 0 Å². The Balaban J connectivity index is 4.92. The smallest absolute Gasteiger partial charge is 0.0142 e. The Morgan fingerprint density at radius 1 is 0.706 bits per heavy atom. The summed E-state index contributed by atoms with van der Waals surface area (Å²) in [5, 5.41) is 1.40. The summed E-state index contributed by atoms with van der Waals surface area (Å²) < 4.78 is 0. The molecule has 1 heteroatoms. The van der Waals surface area contributed by atoms with Crippen LogP contribution in [-0.4, -0.2) is 15.5 Å². The zero-order valence-corrected chi connectivity index (χ0v) is 14.7. The van der Waals surface area contributed by atoms with Crippen LogP contribution in [0, 0.1) is 0 Å². The molecule has 0 bridgehead atoms. The van der Waals surface area contributed by atoms with Gasteiger partial charge in [-0.2, -0.15) is 0 Å². The second-order valence-electron chi connectivity index (χ2n) is 7.95. The molecule has 0 aliphatic carbocycles. The Morgan fingerprint density at radius 3 is 1.41 bits per heavy atom. The minimum atomic E-state index is -0.00263. The van der Waals surface area contributed by atoms with Gasteiger partial charge in [-0.25, -0.2) is 0 Å². The molecular formula is C16H35P. The molecule has 17 heavy (non-hydrogen) atoms. The van der Waals surface area contributed by atoms with Crippen LogP contribution in [0.25, 0.3) is 0 Å². The van der Waals surface area contributed by atoms with Crippen LogP contribution in [0.5, 0.6) is 0 Å². The van der Waals surface area contributed by atoms with E-state index in [2.05, 4.69) is 62.3 Å². The Hall–Kier alpha value is 0.430. The topological polar surface area (TPSA) is 0 Å². The third kappa shape index (κ3) is 5.73. The summed E-state index contributed by atoms with van der Waals surface area (Å²) >= 11 is 0. The highest BCUT2D eigenvalue weighted by Gasteiger charge is 2.43. The van der Waals surface area contributed by atoms with Gasteiger partial charge in [0.15, 0.2) is 0 Å². The highest BCUT2D eigenvalue weighted by molar-refractivity contribution is 7.62. The highest BCUT2D eigenvalue weighted by atomic mass is 31.1. The molecule has 0 aromatic rings. The Bertz CT molecular complexity index is 201. The third-order valence-corrected chi connectivity index (χ3v) is 7.46. The molecule has 0 radical (unpaired) electrons. The van der Waals surface area contributed by atoms with Gasteiger partial charge < -0.3 is 0 Å². The van der Waals surface area contributed by atoms with E-state index in [9.17, 15) is 0 Å². The summed E-state index contributed by atoms with van der Waals surface area (Å²) in [7, 11) is -0.00263. The summed E-state index contributed by atoms with van der Waals surface area (Å²) in [5.74, 6) is 0. The molecule has 0 aromatic carbocycles. The van der Waals surface area contributed by atoms with Crippen molar-refractivity contribution >= 4 is 7.92 Å². The first-order valence-electron chi connectivity index (χ1n) is 7.23. The first-order valence-corrected chi connectivity index (χ1v) is 8.57. The van der Waals surface area contributed by atoms with Gasteiger partial charge in [0.25, 0.3) is 0 Å². The van der Waals surface area contributed by atoms with Crippen LogP contribution in [-0.2, 0) is 0 Å². The molecule has 0 aliphatic heterocycles. The molecule has 0 amide bonds. The van der Waals surface area contributed by atoms with Crippen molar-refractivity contribution in [2.75, 3.05) is 0 Å². The van der Waals surface area contributed by atoms with Gasteiger partial charge in [-0.15, -0.1) is 0 Å². The van der Waals surface area contributed by atoms with Crippen LogP contribution in [0.2, 0.25) is 0 Å². The maximum atomic E-state index is 2.50. The lowest BCUT2D eigenvalue weighted by Crippen LogP contribution is -2.36. The van der Waals surface area contributed by atoms with Crippen LogP contribution in [0.15, 0.2) is 0 Å². The van der Waals surface area contributed by atoms with Crippen molar-refractivity contribution in [3.63, 3.8) is 0 Å². The van der Waals surface area contributed by atoms with Crippen molar-refractivity contribution in [3.8, 4) is 0 Å². The van der Waals surface area contributed by atoms with E-state index in [4.69, 9.17) is 0 Å². The predicted molar refractivity (Wildman–Crippen MR) is 84.6 cm³/mol. The molecule has 0 fully saturated rings. The average Bonchev–Trinajstić information content (AvgIpc) is 1.96. The average molecular weight is 258 g/mol. The maximum absolute atomic E-state index is 2.50. The fourth-order valence-corrected chi connectivity index (χ4v) is 9.77. The Morgan fingerprint density at radius 2 is 1.12 bits per heavy atom. The van der Waals surface area contributed by atoms with E-state index < -0.39 is 0 Å². The van der Waals surface area contributed by atoms with E-state index in [1.807, 2.05) is 0 Å². The maximum Gasteiger partial charge on any atom is -0.0142 e.